The van der Waals surface area contributed by atoms with E-state index in [0.29, 0.717) is 0 Å². The molecule has 2 aromatic carbocycles. The number of aryl methyl sites for hydroxylation is 2. The predicted octanol–water partition coefficient (Wildman–Crippen LogP) is 4.08. The Balaban J connectivity index is 1.89. The normalized spacial score (nSPS) is 16.3. The zero-order valence-electron chi connectivity index (χ0n) is 13.9. The molecule has 1 unspecified atom stereocenters. The maximum atomic E-state index is 13.1. The highest BCUT2D eigenvalue weighted by atomic mass is 16.2. The minimum absolute atomic E-state index is 0.0653. The molecule has 120 valence electrons. The Bertz CT molecular complexity index is 655. The van der Waals surface area contributed by atoms with Gasteiger partial charge in [0.1, 0.15) is 6.04 Å². The van der Waals surface area contributed by atoms with Gasteiger partial charge in [0, 0.05) is 5.69 Å². The molecule has 1 N–H and O–H groups in total. The van der Waals surface area contributed by atoms with Gasteiger partial charge in [-0.2, -0.15) is 0 Å². The number of nitrogens with zero attached hydrogens (tertiary/aromatic N) is 1. The van der Waals surface area contributed by atoms with E-state index < -0.39 is 0 Å². The van der Waals surface area contributed by atoms with Crippen molar-refractivity contribution in [3.8, 4) is 0 Å². The number of carbonyl (C=O) groups excluding carboxylic acids is 1. The molecular formula is C20H24N2O. The van der Waals surface area contributed by atoms with Crippen molar-refractivity contribution in [3.05, 3.63) is 65.2 Å². The Labute approximate surface area is 138 Å². The summed E-state index contributed by atoms with van der Waals surface area (Å²) in [4.78, 5) is 15.3. The second-order valence-corrected chi connectivity index (χ2v) is 6.31. The molecule has 0 spiro atoms. The molecule has 1 atom stereocenters. The molecule has 1 amide bonds. The Morgan fingerprint density at radius 1 is 0.957 bits per heavy atom. The fraction of sp³-hybridized carbons (Fsp3) is 0.350. The Morgan fingerprint density at radius 3 is 2.17 bits per heavy atom. The molecule has 1 aliphatic heterocycles. The summed E-state index contributed by atoms with van der Waals surface area (Å²) in [5.74, 6) is 0.0653. The first kappa shape index (κ1) is 15.8. The molecule has 0 aliphatic carbocycles. The van der Waals surface area contributed by atoms with E-state index in [1.54, 1.807) is 0 Å². The minimum Gasteiger partial charge on any atom is -0.324 e. The average Bonchev–Trinajstić information content (AvgIpc) is 3.06. The van der Waals surface area contributed by atoms with Crippen LogP contribution >= 0.6 is 0 Å². The molecule has 3 rings (SSSR count). The van der Waals surface area contributed by atoms with Crippen molar-refractivity contribution in [3.63, 3.8) is 0 Å². The zero-order valence-corrected chi connectivity index (χ0v) is 13.9. The lowest BCUT2D eigenvalue weighted by atomic mass is 10.0. The van der Waals surface area contributed by atoms with Gasteiger partial charge < -0.3 is 5.32 Å². The lowest BCUT2D eigenvalue weighted by Crippen LogP contribution is -2.35. The fourth-order valence-electron chi connectivity index (χ4n) is 3.37. The molecule has 0 bridgehead atoms. The van der Waals surface area contributed by atoms with Crippen molar-refractivity contribution in [2.24, 2.45) is 0 Å². The maximum absolute atomic E-state index is 13.1. The van der Waals surface area contributed by atoms with Gasteiger partial charge in [-0.25, -0.2) is 0 Å². The maximum Gasteiger partial charge on any atom is 0.246 e. The van der Waals surface area contributed by atoms with Gasteiger partial charge in [0.05, 0.1) is 0 Å². The summed E-state index contributed by atoms with van der Waals surface area (Å²) in [6.07, 6.45) is 2.33. The number of para-hydroxylation sites is 1. The van der Waals surface area contributed by atoms with Crippen LogP contribution in [0.1, 0.15) is 35.6 Å². The van der Waals surface area contributed by atoms with Crippen LogP contribution < -0.4 is 5.32 Å². The summed E-state index contributed by atoms with van der Waals surface area (Å²) < 4.78 is 0. The highest BCUT2D eigenvalue weighted by Gasteiger charge is 2.30. The van der Waals surface area contributed by atoms with Crippen molar-refractivity contribution >= 4 is 11.6 Å². The molecule has 1 saturated heterocycles. The summed E-state index contributed by atoms with van der Waals surface area (Å²) in [6, 6.07) is 16.0. The van der Waals surface area contributed by atoms with Gasteiger partial charge in [-0.05, 0) is 56.5 Å². The van der Waals surface area contributed by atoms with E-state index in [1.807, 2.05) is 62.4 Å². The molecule has 1 heterocycles. The molecule has 0 aromatic heterocycles. The Morgan fingerprint density at radius 2 is 1.57 bits per heavy atom. The van der Waals surface area contributed by atoms with Gasteiger partial charge in [-0.1, -0.05) is 48.5 Å². The number of rotatable bonds is 4. The molecular weight excluding hydrogens is 284 g/mol. The van der Waals surface area contributed by atoms with Crippen LogP contribution in [0.5, 0.6) is 0 Å². The fourth-order valence-corrected chi connectivity index (χ4v) is 3.37. The quantitative estimate of drug-likeness (QED) is 0.923. The van der Waals surface area contributed by atoms with Gasteiger partial charge in [0.2, 0.25) is 5.91 Å². The largest absolute Gasteiger partial charge is 0.324 e. The lowest BCUT2D eigenvalue weighted by molar-refractivity contribution is -0.121. The highest BCUT2D eigenvalue weighted by molar-refractivity contribution is 5.96. The lowest BCUT2D eigenvalue weighted by Gasteiger charge is -2.27. The van der Waals surface area contributed by atoms with E-state index in [2.05, 4.69) is 10.2 Å². The third-order valence-electron chi connectivity index (χ3n) is 4.60. The number of hydrogen-bond donors (Lipinski definition) is 1. The number of likely N-dealkylation sites (tertiary alicyclic amines) is 1. The smallest absolute Gasteiger partial charge is 0.246 e. The third-order valence-corrected chi connectivity index (χ3v) is 4.60. The molecule has 3 nitrogen and oxygen atoms in total. The van der Waals surface area contributed by atoms with Gasteiger partial charge in [-0.3, -0.25) is 9.69 Å². The minimum atomic E-state index is -0.210. The number of benzene rings is 2. The number of anilines is 1. The van der Waals surface area contributed by atoms with Crippen molar-refractivity contribution in [1.29, 1.82) is 0 Å². The van der Waals surface area contributed by atoms with Crippen LogP contribution in [0.15, 0.2) is 48.5 Å². The van der Waals surface area contributed by atoms with E-state index in [0.717, 1.165) is 35.5 Å². The second kappa shape index (κ2) is 6.97. The van der Waals surface area contributed by atoms with Crippen LogP contribution in [0, 0.1) is 13.8 Å². The molecule has 2 aromatic rings. The Kier molecular flexibility index (Phi) is 4.77. The van der Waals surface area contributed by atoms with E-state index >= 15 is 0 Å². The van der Waals surface area contributed by atoms with E-state index in [9.17, 15) is 4.79 Å². The van der Waals surface area contributed by atoms with Crippen LogP contribution in [-0.4, -0.2) is 23.9 Å². The predicted molar refractivity (Wildman–Crippen MR) is 94.5 cm³/mol. The van der Waals surface area contributed by atoms with Crippen LogP contribution in [-0.2, 0) is 4.79 Å². The van der Waals surface area contributed by atoms with Crippen molar-refractivity contribution in [1.82, 2.24) is 4.90 Å². The number of hydrogen-bond acceptors (Lipinski definition) is 2. The summed E-state index contributed by atoms with van der Waals surface area (Å²) in [5.41, 5.74) is 4.22. The van der Waals surface area contributed by atoms with Crippen molar-refractivity contribution < 1.29 is 4.79 Å². The van der Waals surface area contributed by atoms with E-state index in [4.69, 9.17) is 0 Å². The molecule has 1 fully saturated rings. The Hall–Kier alpha value is -2.13. The summed E-state index contributed by atoms with van der Waals surface area (Å²) >= 11 is 0. The molecule has 0 radical (unpaired) electrons. The second-order valence-electron chi connectivity index (χ2n) is 6.31. The van der Waals surface area contributed by atoms with Crippen LogP contribution in [0.25, 0.3) is 0 Å². The summed E-state index contributed by atoms with van der Waals surface area (Å²) in [5, 5.41) is 3.17. The van der Waals surface area contributed by atoms with Gasteiger partial charge in [0.25, 0.3) is 0 Å². The summed E-state index contributed by atoms with van der Waals surface area (Å²) in [7, 11) is 0. The van der Waals surface area contributed by atoms with Crippen LogP contribution in [0.4, 0.5) is 5.69 Å². The first-order chi connectivity index (χ1) is 11.2. The van der Waals surface area contributed by atoms with E-state index in [-0.39, 0.29) is 11.9 Å². The van der Waals surface area contributed by atoms with Gasteiger partial charge >= 0.3 is 0 Å². The monoisotopic (exact) mass is 308 g/mol. The molecule has 0 saturated carbocycles. The van der Waals surface area contributed by atoms with Crippen molar-refractivity contribution in [2.75, 3.05) is 18.4 Å². The third kappa shape index (κ3) is 3.45. The van der Waals surface area contributed by atoms with Crippen LogP contribution in [0.2, 0.25) is 0 Å². The first-order valence-corrected chi connectivity index (χ1v) is 8.33. The topological polar surface area (TPSA) is 32.3 Å². The zero-order chi connectivity index (χ0) is 16.2. The average molecular weight is 308 g/mol. The van der Waals surface area contributed by atoms with E-state index in [1.165, 1.54) is 12.8 Å². The first-order valence-electron chi connectivity index (χ1n) is 8.33. The highest BCUT2D eigenvalue weighted by Crippen LogP contribution is 2.28. The molecule has 3 heteroatoms. The van der Waals surface area contributed by atoms with Gasteiger partial charge in [-0.15, -0.1) is 0 Å². The van der Waals surface area contributed by atoms with Crippen molar-refractivity contribution in [2.45, 2.75) is 32.7 Å². The SMILES string of the molecule is Cc1cccc(C)c1NC(=O)C(c1ccccc1)N1CCCC1. The van der Waals surface area contributed by atoms with Gasteiger partial charge in [0.15, 0.2) is 0 Å². The number of nitrogens with one attached hydrogen (secondary N) is 1. The number of carbonyl (C=O) groups is 1. The number of amides is 1. The molecule has 1 aliphatic rings. The summed E-state index contributed by atoms with van der Waals surface area (Å²) in [6.45, 7) is 6.05. The standard InChI is InChI=1S/C20H24N2O/c1-15-9-8-10-16(2)18(15)21-20(23)19(22-13-6-7-14-22)17-11-4-3-5-12-17/h3-5,8-12,19H,6-7,13-14H2,1-2H3,(H,21,23). The van der Waals surface area contributed by atoms with Crippen LogP contribution in [0.3, 0.4) is 0 Å². The molecule has 23 heavy (non-hydrogen) atoms.